The predicted molar refractivity (Wildman–Crippen MR) is 142 cm³/mol. The first-order valence-corrected chi connectivity index (χ1v) is 11.3. The van der Waals surface area contributed by atoms with Crippen LogP contribution in [0.25, 0.3) is 0 Å². The number of hydrogen-bond acceptors (Lipinski definition) is 6. The first kappa shape index (κ1) is 24.5. The van der Waals surface area contributed by atoms with Crippen LogP contribution < -0.4 is 15.1 Å². The van der Waals surface area contributed by atoms with E-state index in [2.05, 4.69) is 70.2 Å². The molecule has 2 aliphatic rings. The Labute approximate surface area is 208 Å². The van der Waals surface area contributed by atoms with E-state index in [1.807, 2.05) is 25.5 Å². The van der Waals surface area contributed by atoms with Crippen LogP contribution in [-0.2, 0) is 0 Å². The van der Waals surface area contributed by atoms with E-state index in [0.717, 1.165) is 83.8 Å². The molecule has 2 aliphatic heterocycles. The van der Waals surface area contributed by atoms with Crippen LogP contribution >= 0.6 is 24.0 Å². The molecule has 32 heavy (non-hydrogen) atoms. The maximum absolute atomic E-state index is 4.52. The fourth-order valence-corrected chi connectivity index (χ4v) is 4.28. The highest BCUT2D eigenvalue weighted by Crippen LogP contribution is 2.15. The van der Waals surface area contributed by atoms with E-state index in [4.69, 9.17) is 0 Å². The second-order valence-corrected chi connectivity index (χ2v) is 8.01. The molecule has 1 aromatic carbocycles. The molecule has 0 bridgehead atoms. The van der Waals surface area contributed by atoms with Gasteiger partial charge in [-0.25, -0.2) is 9.97 Å². The van der Waals surface area contributed by atoms with Gasteiger partial charge in [0.1, 0.15) is 0 Å². The maximum atomic E-state index is 4.52. The quantitative estimate of drug-likeness (QED) is 0.256. The number of aliphatic imine (C=N–C) groups is 1. The Morgan fingerprint density at radius 3 is 2.19 bits per heavy atom. The molecule has 0 spiro atoms. The molecule has 174 valence electrons. The van der Waals surface area contributed by atoms with E-state index in [-0.39, 0.29) is 24.0 Å². The van der Waals surface area contributed by atoms with Gasteiger partial charge in [0, 0.05) is 84.0 Å². The standard InChI is InChI=1S/C23H34N8.HI/c1-24-22(30-19-17-29(18-20-30)21-7-3-2-4-8-21)25-11-6-12-28-13-15-31(16-14-28)23-26-9-5-10-27-23;/h2-5,7-10H,6,11-20H2,1H3,(H,24,25);1H. The fourth-order valence-electron chi connectivity index (χ4n) is 4.28. The lowest BCUT2D eigenvalue weighted by Crippen LogP contribution is -2.53. The molecule has 2 aromatic rings. The van der Waals surface area contributed by atoms with Gasteiger partial charge in [-0.3, -0.25) is 9.89 Å². The molecule has 9 heteroatoms. The van der Waals surface area contributed by atoms with Crippen molar-refractivity contribution in [3.8, 4) is 0 Å². The number of rotatable bonds is 6. The van der Waals surface area contributed by atoms with E-state index >= 15 is 0 Å². The Balaban J connectivity index is 0.00000289. The predicted octanol–water partition coefficient (Wildman–Crippen LogP) is 2.00. The highest BCUT2D eigenvalue weighted by Gasteiger charge is 2.20. The third-order valence-electron chi connectivity index (χ3n) is 6.05. The number of guanidine groups is 1. The lowest BCUT2D eigenvalue weighted by Gasteiger charge is -2.38. The molecule has 4 rings (SSSR count). The molecule has 0 amide bonds. The topological polar surface area (TPSA) is 63.1 Å². The SMILES string of the molecule is CN=C(NCCCN1CCN(c2ncccn2)CC1)N1CCN(c2ccccc2)CC1.I. The van der Waals surface area contributed by atoms with Gasteiger partial charge in [-0.15, -0.1) is 24.0 Å². The Kier molecular flexibility index (Phi) is 9.79. The van der Waals surface area contributed by atoms with Crippen LogP contribution in [0.1, 0.15) is 6.42 Å². The number of para-hydroxylation sites is 1. The number of piperazine rings is 2. The summed E-state index contributed by atoms with van der Waals surface area (Å²) < 4.78 is 0. The summed E-state index contributed by atoms with van der Waals surface area (Å²) in [6, 6.07) is 12.5. The van der Waals surface area contributed by atoms with E-state index < -0.39 is 0 Å². The third kappa shape index (κ3) is 6.68. The van der Waals surface area contributed by atoms with Crippen LogP contribution in [0.5, 0.6) is 0 Å². The van der Waals surface area contributed by atoms with Crippen molar-refractivity contribution in [1.82, 2.24) is 25.1 Å². The second kappa shape index (κ2) is 12.8. The monoisotopic (exact) mass is 550 g/mol. The molecule has 3 heterocycles. The molecular formula is C23H35IN8. The van der Waals surface area contributed by atoms with E-state index in [0.29, 0.717) is 0 Å². The van der Waals surface area contributed by atoms with Gasteiger partial charge in [-0.05, 0) is 31.2 Å². The van der Waals surface area contributed by atoms with Crippen LogP contribution in [0, 0.1) is 0 Å². The Morgan fingerprint density at radius 1 is 0.875 bits per heavy atom. The van der Waals surface area contributed by atoms with Gasteiger partial charge in [0.15, 0.2) is 5.96 Å². The van der Waals surface area contributed by atoms with Gasteiger partial charge >= 0.3 is 0 Å². The largest absolute Gasteiger partial charge is 0.368 e. The summed E-state index contributed by atoms with van der Waals surface area (Å²) in [7, 11) is 1.89. The van der Waals surface area contributed by atoms with Crippen molar-refractivity contribution < 1.29 is 0 Å². The number of anilines is 2. The maximum Gasteiger partial charge on any atom is 0.225 e. The minimum absolute atomic E-state index is 0. The van der Waals surface area contributed by atoms with Crippen molar-refractivity contribution >= 4 is 41.6 Å². The van der Waals surface area contributed by atoms with Crippen molar-refractivity contribution in [2.45, 2.75) is 6.42 Å². The number of nitrogens with zero attached hydrogens (tertiary/aromatic N) is 7. The summed E-state index contributed by atoms with van der Waals surface area (Å²) in [5.41, 5.74) is 1.31. The number of nitrogens with one attached hydrogen (secondary N) is 1. The number of aromatic nitrogens is 2. The zero-order chi connectivity index (χ0) is 21.3. The molecule has 2 fully saturated rings. The summed E-state index contributed by atoms with van der Waals surface area (Å²) >= 11 is 0. The highest BCUT2D eigenvalue weighted by atomic mass is 127. The van der Waals surface area contributed by atoms with E-state index in [1.54, 1.807) is 0 Å². The van der Waals surface area contributed by atoms with Crippen molar-refractivity contribution in [3.63, 3.8) is 0 Å². The van der Waals surface area contributed by atoms with Gasteiger partial charge in [-0.2, -0.15) is 0 Å². The van der Waals surface area contributed by atoms with Crippen molar-refractivity contribution in [1.29, 1.82) is 0 Å². The first-order chi connectivity index (χ1) is 15.3. The number of hydrogen-bond donors (Lipinski definition) is 1. The lowest BCUT2D eigenvalue weighted by molar-refractivity contribution is 0.253. The molecular weight excluding hydrogens is 515 g/mol. The van der Waals surface area contributed by atoms with Gasteiger partial charge < -0.3 is 20.0 Å². The lowest BCUT2D eigenvalue weighted by atomic mass is 10.2. The molecule has 1 aromatic heterocycles. The van der Waals surface area contributed by atoms with Crippen LogP contribution in [0.3, 0.4) is 0 Å². The zero-order valence-corrected chi connectivity index (χ0v) is 21.3. The summed E-state index contributed by atoms with van der Waals surface area (Å²) in [6.07, 6.45) is 4.74. The second-order valence-electron chi connectivity index (χ2n) is 8.01. The van der Waals surface area contributed by atoms with E-state index in [1.165, 1.54) is 5.69 Å². The first-order valence-electron chi connectivity index (χ1n) is 11.3. The highest BCUT2D eigenvalue weighted by molar-refractivity contribution is 14.0. The Bertz CT molecular complexity index is 803. The fraction of sp³-hybridized carbons (Fsp3) is 0.522. The van der Waals surface area contributed by atoms with Gasteiger partial charge in [0.05, 0.1) is 0 Å². The molecule has 0 radical (unpaired) electrons. The number of benzene rings is 1. The number of halogens is 1. The average molecular weight is 550 g/mol. The Morgan fingerprint density at radius 2 is 1.53 bits per heavy atom. The molecule has 1 N–H and O–H groups in total. The van der Waals surface area contributed by atoms with Crippen LogP contribution in [0.15, 0.2) is 53.8 Å². The molecule has 8 nitrogen and oxygen atoms in total. The summed E-state index contributed by atoms with van der Waals surface area (Å²) in [6.45, 7) is 10.2. The molecule has 0 unspecified atom stereocenters. The van der Waals surface area contributed by atoms with Gasteiger partial charge in [-0.1, -0.05) is 18.2 Å². The molecule has 0 saturated carbocycles. The van der Waals surface area contributed by atoms with E-state index in [9.17, 15) is 0 Å². The average Bonchev–Trinajstić information content (AvgIpc) is 2.86. The summed E-state index contributed by atoms with van der Waals surface area (Å²) in [4.78, 5) is 22.9. The van der Waals surface area contributed by atoms with Crippen LogP contribution in [-0.4, -0.2) is 98.2 Å². The molecule has 0 atom stereocenters. The summed E-state index contributed by atoms with van der Waals surface area (Å²) in [5.74, 6) is 1.87. The third-order valence-corrected chi connectivity index (χ3v) is 6.05. The minimum Gasteiger partial charge on any atom is -0.368 e. The zero-order valence-electron chi connectivity index (χ0n) is 18.9. The normalized spacial score (nSPS) is 17.8. The molecule has 0 aliphatic carbocycles. The van der Waals surface area contributed by atoms with Crippen LogP contribution in [0.2, 0.25) is 0 Å². The Hall–Kier alpha value is -2.14. The summed E-state index contributed by atoms with van der Waals surface area (Å²) in [5, 5.41) is 3.57. The van der Waals surface area contributed by atoms with Crippen LogP contribution in [0.4, 0.5) is 11.6 Å². The van der Waals surface area contributed by atoms with Gasteiger partial charge in [0.2, 0.25) is 5.95 Å². The molecule has 2 saturated heterocycles. The smallest absolute Gasteiger partial charge is 0.225 e. The van der Waals surface area contributed by atoms with Crippen molar-refractivity contribution in [2.24, 2.45) is 4.99 Å². The van der Waals surface area contributed by atoms with Gasteiger partial charge in [0.25, 0.3) is 0 Å². The minimum atomic E-state index is 0. The van der Waals surface area contributed by atoms with Crippen molar-refractivity contribution in [2.75, 3.05) is 82.3 Å². The van der Waals surface area contributed by atoms with Crippen molar-refractivity contribution in [3.05, 3.63) is 48.8 Å².